The van der Waals surface area contributed by atoms with E-state index in [-0.39, 0.29) is 11.7 Å². The molecule has 0 aliphatic carbocycles. The Kier molecular flexibility index (Phi) is 6.19. The quantitative estimate of drug-likeness (QED) is 0.563. The zero-order valence-electron chi connectivity index (χ0n) is 17.4. The highest BCUT2D eigenvalue weighted by Gasteiger charge is 2.14. The predicted molar refractivity (Wildman–Crippen MR) is 114 cm³/mol. The van der Waals surface area contributed by atoms with Crippen LogP contribution in [0.3, 0.4) is 0 Å². The van der Waals surface area contributed by atoms with Crippen molar-refractivity contribution in [2.75, 3.05) is 0 Å². The van der Waals surface area contributed by atoms with Crippen molar-refractivity contribution in [2.24, 2.45) is 5.92 Å². The third-order valence-corrected chi connectivity index (χ3v) is 5.07. The lowest BCUT2D eigenvalue weighted by Crippen LogP contribution is -2.10. The number of aromatic nitrogens is 2. The van der Waals surface area contributed by atoms with Crippen molar-refractivity contribution in [1.29, 1.82) is 5.26 Å². The first kappa shape index (κ1) is 20.4. The molecule has 2 aromatic carbocycles. The highest BCUT2D eigenvalue weighted by molar-refractivity contribution is 5.97. The van der Waals surface area contributed by atoms with E-state index in [1.54, 1.807) is 6.20 Å². The third kappa shape index (κ3) is 4.94. The Morgan fingerprint density at radius 2 is 1.69 bits per heavy atom. The van der Waals surface area contributed by atoms with Crippen LogP contribution < -0.4 is 0 Å². The van der Waals surface area contributed by atoms with Crippen LogP contribution in [0, 0.1) is 31.1 Å². The smallest absolute Gasteiger partial charge is 0.165 e. The molecular formula is C25H25N3O. The van der Waals surface area contributed by atoms with E-state index in [4.69, 9.17) is 10.2 Å². The summed E-state index contributed by atoms with van der Waals surface area (Å²) in [4.78, 5) is 21.5. The summed E-state index contributed by atoms with van der Waals surface area (Å²) < 4.78 is 0. The lowest BCUT2D eigenvalue weighted by atomic mass is 9.92. The van der Waals surface area contributed by atoms with Crippen LogP contribution in [-0.4, -0.2) is 15.8 Å². The summed E-state index contributed by atoms with van der Waals surface area (Å²) in [6.07, 6.45) is 3.12. The number of ketones is 1. The molecule has 0 fully saturated rings. The number of carbonyl (C=O) groups excluding carboxylic acids is 1. The minimum atomic E-state index is -0.00806. The lowest BCUT2D eigenvalue weighted by Gasteiger charge is -2.13. The van der Waals surface area contributed by atoms with Gasteiger partial charge in [-0.2, -0.15) is 5.26 Å². The molecule has 0 radical (unpaired) electrons. The average molecular weight is 383 g/mol. The number of nitriles is 1. The van der Waals surface area contributed by atoms with Gasteiger partial charge in [0.05, 0.1) is 11.6 Å². The molecule has 29 heavy (non-hydrogen) atoms. The molecule has 3 rings (SSSR count). The number of Topliss-reactive ketones (excluding diaryl/α,β-unsaturated/α-hetero) is 1. The van der Waals surface area contributed by atoms with Crippen LogP contribution in [0.25, 0.3) is 0 Å². The summed E-state index contributed by atoms with van der Waals surface area (Å²) in [6.45, 7) is 7.96. The summed E-state index contributed by atoms with van der Waals surface area (Å²) in [7, 11) is 0. The highest BCUT2D eigenvalue weighted by atomic mass is 16.1. The standard InChI is InChI=1S/C25H25N3O/c1-16(2)25(29)21-11-17(3)23(18(4)12-21)14-22-9-10-27-24(28-22)13-19-5-7-20(15-26)8-6-19/h5-12,16H,13-14H2,1-4H3. The Labute approximate surface area is 172 Å². The van der Waals surface area contributed by atoms with Crippen molar-refractivity contribution >= 4 is 5.78 Å². The fourth-order valence-electron chi connectivity index (χ4n) is 3.43. The fourth-order valence-corrected chi connectivity index (χ4v) is 3.43. The van der Waals surface area contributed by atoms with Crippen LogP contribution in [0.5, 0.6) is 0 Å². The van der Waals surface area contributed by atoms with Crippen molar-refractivity contribution in [3.05, 3.63) is 93.6 Å². The van der Waals surface area contributed by atoms with E-state index >= 15 is 0 Å². The number of rotatable bonds is 6. The normalized spacial score (nSPS) is 10.8. The number of benzene rings is 2. The number of hydrogen-bond acceptors (Lipinski definition) is 4. The van der Waals surface area contributed by atoms with Gasteiger partial charge in [0.1, 0.15) is 5.82 Å². The van der Waals surface area contributed by atoms with Gasteiger partial charge in [-0.3, -0.25) is 4.79 Å². The maximum atomic E-state index is 12.3. The Morgan fingerprint density at radius 3 is 2.28 bits per heavy atom. The van der Waals surface area contributed by atoms with Gasteiger partial charge < -0.3 is 0 Å². The van der Waals surface area contributed by atoms with Gasteiger partial charge in [-0.25, -0.2) is 9.97 Å². The SMILES string of the molecule is Cc1cc(C(=O)C(C)C)cc(C)c1Cc1ccnc(Cc2ccc(C#N)cc2)n1. The molecule has 1 aromatic heterocycles. The summed E-state index contributed by atoms with van der Waals surface area (Å²) in [5.41, 5.74) is 6.88. The molecule has 0 unspecified atom stereocenters. The first-order valence-corrected chi connectivity index (χ1v) is 9.81. The Morgan fingerprint density at radius 1 is 1.03 bits per heavy atom. The summed E-state index contributed by atoms with van der Waals surface area (Å²) in [5, 5.41) is 8.92. The van der Waals surface area contributed by atoms with Gasteiger partial charge in [0.25, 0.3) is 0 Å². The van der Waals surface area contributed by atoms with Gasteiger partial charge in [-0.15, -0.1) is 0 Å². The Balaban J connectivity index is 1.81. The summed E-state index contributed by atoms with van der Waals surface area (Å²) in [6, 6.07) is 15.5. The van der Waals surface area contributed by atoms with Gasteiger partial charge in [0.15, 0.2) is 5.78 Å². The van der Waals surface area contributed by atoms with Crippen LogP contribution in [0.1, 0.15) is 63.5 Å². The van der Waals surface area contributed by atoms with Crippen LogP contribution in [0.4, 0.5) is 0 Å². The molecule has 4 nitrogen and oxygen atoms in total. The van der Waals surface area contributed by atoms with Crippen molar-refractivity contribution in [3.8, 4) is 6.07 Å². The van der Waals surface area contributed by atoms with Crippen LogP contribution >= 0.6 is 0 Å². The molecule has 146 valence electrons. The lowest BCUT2D eigenvalue weighted by molar-refractivity contribution is 0.0939. The topological polar surface area (TPSA) is 66.6 Å². The summed E-state index contributed by atoms with van der Waals surface area (Å²) >= 11 is 0. The summed E-state index contributed by atoms with van der Waals surface area (Å²) in [5.74, 6) is 0.926. The fraction of sp³-hybridized carbons (Fsp3) is 0.280. The van der Waals surface area contributed by atoms with Gasteiger partial charge >= 0.3 is 0 Å². The monoisotopic (exact) mass is 383 g/mol. The minimum Gasteiger partial charge on any atom is -0.294 e. The zero-order valence-corrected chi connectivity index (χ0v) is 17.4. The Bertz CT molecular complexity index is 1050. The second-order valence-corrected chi connectivity index (χ2v) is 7.73. The molecule has 0 aliphatic rings. The van der Waals surface area contributed by atoms with Crippen molar-refractivity contribution in [3.63, 3.8) is 0 Å². The first-order valence-electron chi connectivity index (χ1n) is 9.81. The maximum Gasteiger partial charge on any atom is 0.165 e. The molecule has 0 N–H and O–H groups in total. The first-order chi connectivity index (χ1) is 13.9. The van der Waals surface area contributed by atoms with E-state index in [9.17, 15) is 4.79 Å². The van der Waals surface area contributed by atoms with E-state index in [1.165, 1.54) is 5.56 Å². The predicted octanol–water partition coefficient (Wildman–Crippen LogP) is 4.99. The highest BCUT2D eigenvalue weighted by Crippen LogP contribution is 2.22. The molecule has 0 aliphatic heterocycles. The van der Waals surface area contributed by atoms with E-state index < -0.39 is 0 Å². The van der Waals surface area contributed by atoms with Gasteiger partial charge in [-0.05, 0) is 66.4 Å². The van der Waals surface area contributed by atoms with Crippen molar-refractivity contribution in [1.82, 2.24) is 9.97 Å². The number of carbonyl (C=O) groups is 1. The number of hydrogen-bond donors (Lipinski definition) is 0. The van der Waals surface area contributed by atoms with E-state index in [0.29, 0.717) is 18.4 Å². The van der Waals surface area contributed by atoms with E-state index in [1.807, 2.05) is 56.3 Å². The molecule has 1 heterocycles. The second kappa shape index (κ2) is 8.79. The maximum absolute atomic E-state index is 12.3. The molecule has 0 saturated carbocycles. The number of aryl methyl sites for hydroxylation is 2. The molecule has 3 aromatic rings. The molecule has 0 atom stereocenters. The molecular weight excluding hydrogens is 358 g/mol. The Hall–Kier alpha value is -3.32. The van der Waals surface area contributed by atoms with Gasteiger partial charge in [0, 0.05) is 36.2 Å². The minimum absolute atomic E-state index is 0.00806. The van der Waals surface area contributed by atoms with Gasteiger partial charge in [-0.1, -0.05) is 26.0 Å². The third-order valence-electron chi connectivity index (χ3n) is 5.07. The van der Waals surface area contributed by atoms with E-state index in [0.717, 1.165) is 33.8 Å². The molecule has 0 amide bonds. The van der Waals surface area contributed by atoms with Crippen LogP contribution in [-0.2, 0) is 12.8 Å². The van der Waals surface area contributed by atoms with Gasteiger partial charge in [0.2, 0.25) is 0 Å². The van der Waals surface area contributed by atoms with E-state index in [2.05, 4.69) is 24.9 Å². The zero-order chi connectivity index (χ0) is 21.0. The van der Waals surface area contributed by atoms with Crippen molar-refractivity contribution < 1.29 is 4.79 Å². The van der Waals surface area contributed by atoms with Crippen LogP contribution in [0.2, 0.25) is 0 Å². The molecule has 4 heteroatoms. The number of nitrogens with zero attached hydrogens (tertiary/aromatic N) is 3. The molecule has 0 saturated heterocycles. The molecule has 0 bridgehead atoms. The average Bonchev–Trinajstić information content (AvgIpc) is 2.70. The van der Waals surface area contributed by atoms with Crippen LogP contribution in [0.15, 0.2) is 48.7 Å². The van der Waals surface area contributed by atoms with Crippen molar-refractivity contribution in [2.45, 2.75) is 40.5 Å². The second-order valence-electron chi connectivity index (χ2n) is 7.73. The largest absolute Gasteiger partial charge is 0.294 e. The molecule has 0 spiro atoms.